The third kappa shape index (κ3) is 2.35. The molecule has 0 aliphatic heterocycles. The highest BCUT2D eigenvalue weighted by molar-refractivity contribution is 5.68. The standard InChI is InChI=1S/C12H13N7O/c1-8-17-12(20-18-8)9-4-3-5-13-11(9)14-6-10-15-7-16-19(10)2/h3-5,7H,6H2,1-2H3,(H,13,14). The van der Waals surface area contributed by atoms with E-state index in [0.29, 0.717) is 24.1 Å². The van der Waals surface area contributed by atoms with Gasteiger partial charge in [-0.2, -0.15) is 10.1 Å². The zero-order chi connectivity index (χ0) is 13.9. The van der Waals surface area contributed by atoms with Crippen LogP contribution in [0.25, 0.3) is 11.5 Å². The number of pyridine rings is 1. The largest absolute Gasteiger partial charge is 0.362 e. The summed E-state index contributed by atoms with van der Waals surface area (Å²) in [6.07, 6.45) is 3.21. The van der Waals surface area contributed by atoms with Crippen LogP contribution in [0.3, 0.4) is 0 Å². The minimum absolute atomic E-state index is 0.441. The molecule has 3 rings (SSSR count). The Morgan fingerprint density at radius 2 is 2.25 bits per heavy atom. The molecule has 0 saturated heterocycles. The summed E-state index contributed by atoms with van der Waals surface area (Å²) in [4.78, 5) is 12.7. The van der Waals surface area contributed by atoms with E-state index in [1.165, 1.54) is 6.33 Å². The van der Waals surface area contributed by atoms with Gasteiger partial charge in [0.2, 0.25) is 0 Å². The fourth-order valence-electron chi connectivity index (χ4n) is 1.77. The van der Waals surface area contributed by atoms with E-state index < -0.39 is 0 Å². The first kappa shape index (κ1) is 12.3. The van der Waals surface area contributed by atoms with Gasteiger partial charge in [-0.15, -0.1) is 0 Å². The molecule has 102 valence electrons. The lowest BCUT2D eigenvalue weighted by Gasteiger charge is -2.07. The lowest BCUT2D eigenvalue weighted by molar-refractivity contribution is 0.425. The van der Waals surface area contributed by atoms with Crippen LogP contribution in [0, 0.1) is 6.92 Å². The van der Waals surface area contributed by atoms with Crippen LogP contribution in [0.15, 0.2) is 29.2 Å². The summed E-state index contributed by atoms with van der Waals surface area (Å²) in [5.41, 5.74) is 0.760. The quantitative estimate of drug-likeness (QED) is 0.761. The summed E-state index contributed by atoms with van der Waals surface area (Å²) >= 11 is 0. The maximum absolute atomic E-state index is 5.18. The number of aromatic nitrogens is 6. The summed E-state index contributed by atoms with van der Waals surface area (Å²) in [6.45, 7) is 2.28. The summed E-state index contributed by atoms with van der Waals surface area (Å²) in [5, 5.41) is 11.0. The van der Waals surface area contributed by atoms with Crippen LogP contribution in [0.5, 0.6) is 0 Å². The second kappa shape index (κ2) is 5.08. The smallest absolute Gasteiger partial charge is 0.261 e. The van der Waals surface area contributed by atoms with Crippen LogP contribution < -0.4 is 5.32 Å². The predicted molar refractivity (Wildman–Crippen MR) is 70.6 cm³/mol. The van der Waals surface area contributed by atoms with Gasteiger partial charge in [-0.1, -0.05) is 5.16 Å². The molecular formula is C12H13N7O. The van der Waals surface area contributed by atoms with Crippen LogP contribution in [0.2, 0.25) is 0 Å². The van der Waals surface area contributed by atoms with Gasteiger partial charge < -0.3 is 9.84 Å². The maximum atomic E-state index is 5.18. The summed E-state index contributed by atoms with van der Waals surface area (Å²) in [5.74, 6) is 2.50. The van der Waals surface area contributed by atoms with E-state index in [1.807, 2.05) is 19.2 Å². The molecule has 0 unspecified atom stereocenters. The Kier molecular flexibility index (Phi) is 3.12. The Bertz CT molecular complexity index is 718. The van der Waals surface area contributed by atoms with Crippen molar-refractivity contribution in [2.24, 2.45) is 7.05 Å². The van der Waals surface area contributed by atoms with E-state index >= 15 is 0 Å². The van der Waals surface area contributed by atoms with Crippen molar-refractivity contribution in [2.45, 2.75) is 13.5 Å². The molecule has 0 spiro atoms. The van der Waals surface area contributed by atoms with Crippen molar-refractivity contribution in [3.63, 3.8) is 0 Å². The number of anilines is 1. The number of nitrogens with one attached hydrogen (secondary N) is 1. The molecule has 0 fully saturated rings. The monoisotopic (exact) mass is 271 g/mol. The molecule has 1 N–H and O–H groups in total. The minimum atomic E-state index is 0.441. The van der Waals surface area contributed by atoms with Crippen LogP contribution in [0.4, 0.5) is 5.82 Å². The molecule has 0 radical (unpaired) electrons. The zero-order valence-corrected chi connectivity index (χ0v) is 11.1. The molecule has 8 heteroatoms. The van der Waals surface area contributed by atoms with Gasteiger partial charge in [-0.05, 0) is 19.1 Å². The van der Waals surface area contributed by atoms with Crippen molar-refractivity contribution < 1.29 is 4.52 Å². The van der Waals surface area contributed by atoms with Gasteiger partial charge in [-0.3, -0.25) is 4.68 Å². The van der Waals surface area contributed by atoms with Crippen molar-refractivity contribution in [1.29, 1.82) is 0 Å². The van der Waals surface area contributed by atoms with E-state index in [-0.39, 0.29) is 0 Å². The van der Waals surface area contributed by atoms with E-state index in [1.54, 1.807) is 17.8 Å². The number of hydrogen-bond donors (Lipinski definition) is 1. The average molecular weight is 271 g/mol. The molecule has 0 amide bonds. The second-order valence-corrected chi connectivity index (χ2v) is 4.20. The van der Waals surface area contributed by atoms with Crippen LogP contribution in [-0.2, 0) is 13.6 Å². The van der Waals surface area contributed by atoms with Crippen molar-refractivity contribution in [2.75, 3.05) is 5.32 Å². The molecule has 20 heavy (non-hydrogen) atoms. The van der Waals surface area contributed by atoms with Gasteiger partial charge in [0.05, 0.1) is 12.1 Å². The first-order chi connectivity index (χ1) is 9.74. The van der Waals surface area contributed by atoms with Gasteiger partial charge >= 0.3 is 0 Å². The molecule has 8 nitrogen and oxygen atoms in total. The summed E-state index contributed by atoms with van der Waals surface area (Å²) < 4.78 is 6.88. The molecule has 0 aliphatic rings. The topological polar surface area (TPSA) is 94.5 Å². The Labute approximate surface area is 114 Å². The van der Waals surface area contributed by atoms with Gasteiger partial charge in [0.1, 0.15) is 18.0 Å². The van der Waals surface area contributed by atoms with Crippen molar-refractivity contribution in [3.05, 3.63) is 36.3 Å². The van der Waals surface area contributed by atoms with Gasteiger partial charge in [0.15, 0.2) is 5.82 Å². The van der Waals surface area contributed by atoms with E-state index in [9.17, 15) is 0 Å². The molecule has 3 aromatic heterocycles. The molecule has 0 bridgehead atoms. The molecule has 0 atom stereocenters. The predicted octanol–water partition coefficient (Wildman–Crippen LogP) is 1.18. The highest BCUT2D eigenvalue weighted by Crippen LogP contribution is 2.24. The minimum Gasteiger partial charge on any atom is -0.362 e. The van der Waals surface area contributed by atoms with Gasteiger partial charge in [0.25, 0.3) is 5.89 Å². The first-order valence-electron chi connectivity index (χ1n) is 6.06. The fourth-order valence-corrected chi connectivity index (χ4v) is 1.77. The Hall–Kier alpha value is -2.77. The summed E-state index contributed by atoms with van der Waals surface area (Å²) in [7, 11) is 1.84. The lowest BCUT2D eigenvalue weighted by atomic mass is 10.2. The molecule has 0 aliphatic carbocycles. The van der Waals surface area contributed by atoms with Gasteiger partial charge in [-0.25, -0.2) is 9.97 Å². The molecule has 3 heterocycles. The zero-order valence-electron chi connectivity index (χ0n) is 11.1. The van der Waals surface area contributed by atoms with E-state index in [4.69, 9.17) is 4.52 Å². The molecule has 3 aromatic rings. The van der Waals surface area contributed by atoms with Crippen LogP contribution >= 0.6 is 0 Å². The SMILES string of the molecule is Cc1noc(-c2cccnc2NCc2ncnn2C)n1. The first-order valence-corrected chi connectivity index (χ1v) is 6.06. The highest BCUT2D eigenvalue weighted by atomic mass is 16.5. The average Bonchev–Trinajstić information content (AvgIpc) is 3.06. The van der Waals surface area contributed by atoms with E-state index in [0.717, 1.165) is 11.4 Å². The highest BCUT2D eigenvalue weighted by Gasteiger charge is 2.12. The number of hydrogen-bond acceptors (Lipinski definition) is 7. The molecule has 0 aromatic carbocycles. The number of nitrogens with zero attached hydrogens (tertiary/aromatic N) is 6. The fraction of sp³-hybridized carbons (Fsp3) is 0.250. The Morgan fingerprint density at radius 3 is 2.95 bits per heavy atom. The van der Waals surface area contributed by atoms with Crippen molar-refractivity contribution >= 4 is 5.82 Å². The second-order valence-electron chi connectivity index (χ2n) is 4.20. The third-order valence-electron chi connectivity index (χ3n) is 2.78. The summed E-state index contributed by atoms with van der Waals surface area (Å²) in [6, 6.07) is 3.70. The van der Waals surface area contributed by atoms with Gasteiger partial charge in [0, 0.05) is 13.2 Å². The van der Waals surface area contributed by atoms with Crippen molar-refractivity contribution in [1.82, 2.24) is 29.9 Å². The van der Waals surface area contributed by atoms with Crippen molar-refractivity contribution in [3.8, 4) is 11.5 Å². The number of rotatable bonds is 4. The third-order valence-corrected chi connectivity index (χ3v) is 2.78. The number of aryl methyl sites for hydroxylation is 2. The Balaban J connectivity index is 1.85. The van der Waals surface area contributed by atoms with E-state index in [2.05, 4.69) is 30.5 Å². The Morgan fingerprint density at radius 1 is 1.35 bits per heavy atom. The van der Waals surface area contributed by atoms with Crippen LogP contribution in [0.1, 0.15) is 11.6 Å². The maximum Gasteiger partial charge on any atom is 0.261 e. The van der Waals surface area contributed by atoms with Crippen LogP contribution in [-0.4, -0.2) is 29.9 Å². The molecular weight excluding hydrogens is 258 g/mol. The molecule has 0 saturated carbocycles. The lowest BCUT2D eigenvalue weighted by Crippen LogP contribution is -2.08. The normalized spacial score (nSPS) is 10.7.